The van der Waals surface area contributed by atoms with Crippen molar-refractivity contribution in [1.29, 1.82) is 0 Å². The van der Waals surface area contributed by atoms with Crippen molar-refractivity contribution in [2.24, 2.45) is 5.92 Å². The van der Waals surface area contributed by atoms with Crippen LogP contribution in [0.1, 0.15) is 30.4 Å². The molecule has 1 aliphatic rings. The predicted molar refractivity (Wildman–Crippen MR) is 71.2 cm³/mol. The van der Waals surface area contributed by atoms with Crippen LogP contribution in [0.3, 0.4) is 0 Å². The van der Waals surface area contributed by atoms with E-state index in [9.17, 15) is 4.79 Å². The molecule has 0 amide bonds. The van der Waals surface area contributed by atoms with Crippen molar-refractivity contribution in [1.82, 2.24) is 0 Å². The fraction of sp³-hybridized carbons (Fsp3) is 0.500. The van der Waals surface area contributed by atoms with E-state index in [1.165, 1.54) is 11.1 Å². The molecule has 2 atom stereocenters. The van der Waals surface area contributed by atoms with Gasteiger partial charge in [-0.15, -0.1) is 0 Å². The van der Waals surface area contributed by atoms with Gasteiger partial charge in [-0.25, -0.2) is 0 Å². The van der Waals surface area contributed by atoms with Crippen LogP contribution >= 0.6 is 11.8 Å². The Balaban J connectivity index is 1.91. The average Bonchev–Trinajstić information content (AvgIpc) is 2.74. The van der Waals surface area contributed by atoms with Crippen LogP contribution in [0.25, 0.3) is 0 Å². The molecule has 0 aromatic heterocycles. The van der Waals surface area contributed by atoms with E-state index in [1.807, 2.05) is 0 Å². The van der Waals surface area contributed by atoms with E-state index in [0.717, 1.165) is 25.0 Å². The Morgan fingerprint density at radius 3 is 3.00 bits per heavy atom. The summed E-state index contributed by atoms with van der Waals surface area (Å²) in [7, 11) is 0. The molecule has 0 radical (unpaired) electrons. The van der Waals surface area contributed by atoms with Crippen LogP contribution in [0.15, 0.2) is 24.3 Å². The molecule has 1 fully saturated rings. The van der Waals surface area contributed by atoms with Crippen molar-refractivity contribution < 1.29 is 9.90 Å². The summed E-state index contributed by atoms with van der Waals surface area (Å²) in [5, 5.41) is 9.41. The quantitative estimate of drug-likeness (QED) is 0.889. The zero-order chi connectivity index (χ0) is 12.3. The first-order valence-electron chi connectivity index (χ1n) is 6.07. The largest absolute Gasteiger partial charge is 0.481 e. The molecule has 0 heterocycles. The highest BCUT2D eigenvalue weighted by atomic mass is 32.2. The summed E-state index contributed by atoms with van der Waals surface area (Å²) in [6.45, 7) is 2.09. The molecule has 0 spiro atoms. The number of benzene rings is 1. The summed E-state index contributed by atoms with van der Waals surface area (Å²) in [4.78, 5) is 11.1. The first-order chi connectivity index (χ1) is 8.16. The van der Waals surface area contributed by atoms with E-state index in [2.05, 4.69) is 31.2 Å². The Morgan fingerprint density at radius 1 is 1.47 bits per heavy atom. The fourth-order valence-corrected chi connectivity index (χ4v) is 3.82. The third-order valence-electron chi connectivity index (χ3n) is 3.32. The van der Waals surface area contributed by atoms with Crippen LogP contribution < -0.4 is 0 Å². The number of rotatable bonds is 4. The maximum Gasteiger partial charge on any atom is 0.307 e. The van der Waals surface area contributed by atoms with Crippen molar-refractivity contribution in [3.8, 4) is 0 Å². The summed E-state index contributed by atoms with van der Waals surface area (Å²) < 4.78 is 0. The molecule has 2 rings (SSSR count). The third kappa shape index (κ3) is 3.25. The van der Waals surface area contributed by atoms with Crippen LogP contribution in [-0.4, -0.2) is 16.3 Å². The van der Waals surface area contributed by atoms with Crippen LogP contribution in [0.2, 0.25) is 0 Å². The van der Waals surface area contributed by atoms with E-state index in [0.29, 0.717) is 5.25 Å². The van der Waals surface area contributed by atoms with Crippen molar-refractivity contribution in [3.05, 3.63) is 35.4 Å². The number of carboxylic acids is 1. The maximum atomic E-state index is 11.1. The lowest BCUT2D eigenvalue weighted by molar-refractivity contribution is -0.141. The fourth-order valence-electron chi connectivity index (χ4n) is 2.41. The van der Waals surface area contributed by atoms with Crippen molar-refractivity contribution in [2.45, 2.75) is 37.2 Å². The summed E-state index contributed by atoms with van der Waals surface area (Å²) in [5.74, 6) is 0.171. The van der Waals surface area contributed by atoms with Gasteiger partial charge in [0.15, 0.2) is 0 Å². The maximum absolute atomic E-state index is 11.1. The first-order valence-corrected chi connectivity index (χ1v) is 7.11. The molecular formula is C14H18O2S. The molecule has 0 aliphatic heterocycles. The van der Waals surface area contributed by atoms with Crippen molar-refractivity contribution in [2.75, 3.05) is 0 Å². The van der Waals surface area contributed by atoms with Crippen molar-refractivity contribution in [3.63, 3.8) is 0 Å². The number of carbonyl (C=O) groups is 1. The van der Waals surface area contributed by atoms with E-state index in [1.54, 1.807) is 11.8 Å². The van der Waals surface area contributed by atoms with Gasteiger partial charge in [0.25, 0.3) is 0 Å². The molecule has 1 N–H and O–H groups in total. The minimum atomic E-state index is -0.621. The highest BCUT2D eigenvalue weighted by molar-refractivity contribution is 7.99. The molecule has 17 heavy (non-hydrogen) atoms. The molecule has 0 saturated heterocycles. The van der Waals surface area contributed by atoms with E-state index in [4.69, 9.17) is 5.11 Å². The summed E-state index contributed by atoms with van der Waals surface area (Å²) in [6.07, 6.45) is 2.96. The molecular weight excluding hydrogens is 232 g/mol. The van der Waals surface area contributed by atoms with Gasteiger partial charge in [0, 0.05) is 11.0 Å². The number of aryl methyl sites for hydroxylation is 1. The normalized spacial score (nSPS) is 23.8. The van der Waals surface area contributed by atoms with E-state index < -0.39 is 5.97 Å². The average molecular weight is 250 g/mol. The van der Waals surface area contributed by atoms with Gasteiger partial charge in [-0.3, -0.25) is 4.79 Å². The summed E-state index contributed by atoms with van der Waals surface area (Å²) in [5.41, 5.74) is 2.57. The summed E-state index contributed by atoms with van der Waals surface area (Å²) >= 11 is 1.80. The van der Waals surface area contributed by atoms with Crippen LogP contribution in [0.5, 0.6) is 0 Å². The lowest BCUT2D eigenvalue weighted by Crippen LogP contribution is -2.20. The molecule has 1 saturated carbocycles. The molecule has 0 bridgehead atoms. The van der Waals surface area contributed by atoms with Gasteiger partial charge in [-0.05, 0) is 25.3 Å². The Labute approximate surface area is 106 Å². The molecule has 2 nitrogen and oxygen atoms in total. The SMILES string of the molecule is Cc1cccc(CSC2CCCC2C(=O)O)c1. The van der Waals surface area contributed by atoms with Gasteiger partial charge in [-0.2, -0.15) is 11.8 Å². The second-order valence-electron chi connectivity index (χ2n) is 4.71. The second-order valence-corrected chi connectivity index (χ2v) is 5.94. The first kappa shape index (κ1) is 12.5. The molecule has 2 unspecified atom stereocenters. The number of thioether (sulfide) groups is 1. The predicted octanol–water partition coefficient (Wildman–Crippen LogP) is 3.48. The smallest absolute Gasteiger partial charge is 0.307 e. The van der Waals surface area contributed by atoms with Crippen molar-refractivity contribution >= 4 is 17.7 Å². The van der Waals surface area contributed by atoms with Gasteiger partial charge in [0.05, 0.1) is 5.92 Å². The lowest BCUT2D eigenvalue weighted by Gasteiger charge is -2.15. The minimum Gasteiger partial charge on any atom is -0.481 e. The molecule has 1 aromatic carbocycles. The van der Waals surface area contributed by atoms with Crippen LogP contribution in [0, 0.1) is 12.8 Å². The highest BCUT2D eigenvalue weighted by Crippen LogP contribution is 2.36. The van der Waals surface area contributed by atoms with Gasteiger partial charge in [0.2, 0.25) is 0 Å². The standard InChI is InChI=1S/C14H18O2S/c1-10-4-2-5-11(8-10)9-17-13-7-3-6-12(13)14(15)16/h2,4-5,8,12-13H,3,6-7,9H2,1H3,(H,15,16). The van der Waals surface area contributed by atoms with Crippen LogP contribution in [-0.2, 0) is 10.5 Å². The number of carboxylic acid groups (broad SMARTS) is 1. The second kappa shape index (κ2) is 5.58. The van der Waals surface area contributed by atoms with Crippen LogP contribution in [0.4, 0.5) is 0 Å². The number of aliphatic carboxylic acids is 1. The van der Waals surface area contributed by atoms with E-state index >= 15 is 0 Å². The Morgan fingerprint density at radius 2 is 2.29 bits per heavy atom. The zero-order valence-corrected chi connectivity index (χ0v) is 10.9. The van der Waals surface area contributed by atoms with E-state index in [-0.39, 0.29) is 5.92 Å². The highest BCUT2D eigenvalue weighted by Gasteiger charge is 2.32. The minimum absolute atomic E-state index is 0.134. The molecule has 1 aromatic rings. The lowest BCUT2D eigenvalue weighted by atomic mass is 10.1. The zero-order valence-electron chi connectivity index (χ0n) is 10.1. The Kier molecular flexibility index (Phi) is 4.11. The monoisotopic (exact) mass is 250 g/mol. The molecule has 92 valence electrons. The van der Waals surface area contributed by atoms with Gasteiger partial charge < -0.3 is 5.11 Å². The Bertz CT molecular complexity index is 403. The molecule has 3 heteroatoms. The Hall–Kier alpha value is -0.960. The van der Waals surface area contributed by atoms with Gasteiger partial charge in [0.1, 0.15) is 0 Å². The topological polar surface area (TPSA) is 37.3 Å². The summed E-state index contributed by atoms with van der Waals surface area (Å²) in [6, 6.07) is 8.45. The van der Waals surface area contributed by atoms with Gasteiger partial charge >= 0.3 is 5.97 Å². The molecule has 1 aliphatic carbocycles. The van der Waals surface area contributed by atoms with Gasteiger partial charge in [-0.1, -0.05) is 36.2 Å². The number of hydrogen-bond donors (Lipinski definition) is 1. The third-order valence-corrected chi connectivity index (χ3v) is 4.81. The number of hydrogen-bond acceptors (Lipinski definition) is 2.